The standard InChI is InChI=1S/C13H17N3O2S/c17-12(18)10(7-1-2-7)19-13-15-14-11(8-3-4-8)16(13)9-5-6-9/h7-10H,1-6H2,(H,17,18). The number of nitrogens with zero attached hydrogens (tertiary/aromatic N) is 3. The summed E-state index contributed by atoms with van der Waals surface area (Å²) in [6, 6.07) is 0.529. The van der Waals surface area contributed by atoms with Crippen LogP contribution in [0.1, 0.15) is 56.3 Å². The summed E-state index contributed by atoms with van der Waals surface area (Å²) < 4.78 is 2.24. The van der Waals surface area contributed by atoms with Gasteiger partial charge in [0.1, 0.15) is 11.1 Å². The molecule has 0 amide bonds. The van der Waals surface area contributed by atoms with E-state index in [1.807, 2.05) is 0 Å². The van der Waals surface area contributed by atoms with E-state index in [2.05, 4.69) is 14.8 Å². The molecular weight excluding hydrogens is 262 g/mol. The predicted octanol–water partition coefficient (Wildman–Crippen LogP) is 2.45. The number of aromatic nitrogens is 3. The van der Waals surface area contributed by atoms with Crippen LogP contribution in [0.5, 0.6) is 0 Å². The summed E-state index contributed by atoms with van der Waals surface area (Å²) in [5.74, 6) is 1.30. The molecule has 0 spiro atoms. The van der Waals surface area contributed by atoms with Crippen molar-refractivity contribution in [3.8, 4) is 0 Å². The van der Waals surface area contributed by atoms with Crippen LogP contribution in [0.25, 0.3) is 0 Å². The molecule has 3 aliphatic carbocycles. The Morgan fingerprint density at radius 3 is 2.47 bits per heavy atom. The Morgan fingerprint density at radius 2 is 1.95 bits per heavy atom. The molecule has 3 fully saturated rings. The summed E-state index contributed by atoms with van der Waals surface area (Å²) >= 11 is 1.42. The van der Waals surface area contributed by atoms with Crippen molar-refractivity contribution in [1.29, 1.82) is 0 Å². The Balaban J connectivity index is 1.61. The van der Waals surface area contributed by atoms with Crippen LogP contribution in [0.15, 0.2) is 5.16 Å². The smallest absolute Gasteiger partial charge is 0.317 e. The van der Waals surface area contributed by atoms with Gasteiger partial charge in [-0.05, 0) is 44.4 Å². The van der Waals surface area contributed by atoms with Crippen molar-refractivity contribution in [2.24, 2.45) is 5.92 Å². The van der Waals surface area contributed by atoms with Crippen molar-refractivity contribution in [2.45, 2.75) is 60.9 Å². The predicted molar refractivity (Wildman–Crippen MR) is 70.3 cm³/mol. The Morgan fingerprint density at radius 1 is 1.21 bits per heavy atom. The molecule has 1 aromatic rings. The third-order valence-corrected chi connectivity index (χ3v) is 5.40. The molecular formula is C13H17N3O2S. The van der Waals surface area contributed by atoms with Crippen LogP contribution >= 0.6 is 11.8 Å². The van der Waals surface area contributed by atoms with Gasteiger partial charge in [0.2, 0.25) is 0 Å². The monoisotopic (exact) mass is 279 g/mol. The van der Waals surface area contributed by atoms with Gasteiger partial charge in [-0.25, -0.2) is 0 Å². The molecule has 1 aromatic heterocycles. The molecule has 3 aliphatic rings. The van der Waals surface area contributed by atoms with Crippen LogP contribution < -0.4 is 0 Å². The molecule has 102 valence electrons. The van der Waals surface area contributed by atoms with E-state index in [9.17, 15) is 9.90 Å². The van der Waals surface area contributed by atoms with Crippen LogP contribution in [0.4, 0.5) is 0 Å². The maximum atomic E-state index is 11.4. The average Bonchev–Trinajstić information content (AvgIpc) is 3.24. The first kappa shape index (κ1) is 11.8. The van der Waals surface area contributed by atoms with Crippen molar-refractivity contribution in [3.05, 3.63) is 5.82 Å². The zero-order chi connectivity index (χ0) is 13.0. The normalized spacial score (nSPS) is 24.4. The number of thioether (sulfide) groups is 1. The minimum atomic E-state index is -0.703. The highest BCUT2D eigenvalue weighted by Gasteiger charge is 2.41. The molecule has 1 N–H and O–H groups in total. The van der Waals surface area contributed by atoms with Gasteiger partial charge >= 0.3 is 5.97 Å². The highest BCUT2D eigenvalue weighted by Crippen LogP contribution is 2.48. The second-order valence-electron chi connectivity index (χ2n) is 5.93. The van der Waals surface area contributed by atoms with Gasteiger partial charge in [-0.1, -0.05) is 11.8 Å². The Labute approximate surface area is 115 Å². The lowest BCUT2D eigenvalue weighted by Crippen LogP contribution is -2.19. The van der Waals surface area contributed by atoms with E-state index in [-0.39, 0.29) is 5.25 Å². The third-order valence-electron chi connectivity index (χ3n) is 4.07. The summed E-state index contributed by atoms with van der Waals surface area (Å²) in [4.78, 5) is 11.4. The summed E-state index contributed by atoms with van der Waals surface area (Å²) in [7, 11) is 0. The number of carboxylic acids is 1. The molecule has 19 heavy (non-hydrogen) atoms. The van der Waals surface area contributed by atoms with Crippen molar-refractivity contribution in [2.75, 3.05) is 0 Å². The fourth-order valence-corrected chi connectivity index (χ4v) is 3.76. The maximum Gasteiger partial charge on any atom is 0.317 e. The molecule has 0 saturated heterocycles. The van der Waals surface area contributed by atoms with E-state index >= 15 is 0 Å². The molecule has 1 unspecified atom stereocenters. The molecule has 0 aromatic carbocycles. The highest BCUT2D eigenvalue weighted by atomic mass is 32.2. The average molecular weight is 279 g/mol. The summed E-state index contributed by atoms with van der Waals surface area (Å²) in [5, 5.41) is 18.5. The fraction of sp³-hybridized carbons (Fsp3) is 0.769. The number of aliphatic carboxylic acids is 1. The molecule has 0 radical (unpaired) electrons. The van der Waals surface area contributed by atoms with Crippen LogP contribution in [0.2, 0.25) is 0 Å². The first-order valence-electron chi connectivity index (χ1n) is 7.08. The van der Waals surface area contributed by atoms with E-state index in [1.54, 1.807) is 0 Å². The van der Waals surface area contributed by atoms with Crippen molar-refractivity contribution < 1.29 is 9.90 Å². The highest BCUT2D eigenvalue weighted by molar-refractivity contribution is 8.00. The van der Waals surface area contributed by atoms with Crippen LogP contribution in [-0.4, -0.2) is 31.1 Å². The van der Waals surface area contributed by atoms with Gasteiger partial charge in [0.05, 0.1) is 0 Å². The van der Waals surface area contributed by atoms with E-state index in [4.69, 9.17) is 0 Å². The molecule has 4 rings (SSSR count). The minimum absolute atomic E-state index is 0.330. The summed E-state index contributed by atoms with van der Waals surface area (Å²) in [6.07, 6.45) is 6.87. The lowest BCUT2D eigenvalue weighted by molar-refractivity contribution is -0.136. The Kier molecular flexibility index (Phi) is 2.62. The van der Waals surface area contributed by atoms with Gasteiger partial charge < -0.3 is 9.67 Å². The van der Waals surface area contributed by atoms with Crippen LogP contribution in [-0.2, 0) is 4.79 Å². The van der Waals surface area contributed by atoms with Crippen molar-refractivity contribution in [3.63, 3.8) is 0 Å². The summed E-state index contributed by atoms with van der Waals surface area (Å²) in [6.45, 7) is 0. The molecule has 1 heterocycles. The van der Waals surface area contributed by atoms with Gasteiger partial charge in [-0.3, -0.25) is 4.79 Å². The lowest BCUT2D eigenvalue weighted by Gasteiger charge is -2.12. The Hall–Kier alpha value is -1.04. The molecule has 6 heteroatoms. The number of hydrogen-bond donors (Lipinski definition) is 1. The molecule has 0 aliphatic heterocycles. The van der Waals surface area contributed by atoms with Gasteiger partial charge in [-0.2, -0.15) is 0 Å². The van der Waals surface area contributed by atoms with Gasteiger partial charge in [0.25, 0.3) is 0 Å². The SMILES string of the molecule is O=C(O)C(Sc1nnc(C2CC2)n1C1CC1)C1CC1. The summed E-state index contributed by atoms with van der Waals surface area (Å²) in [5.41, 5.74) is 0. The topological polar surface area (TPSA) is 68.0 Å². The first-order chi connectivity index (χ1) is 9.24. The second kappa shape index (κ2) is 4.23. The number of hydrogen-bond acceptors (Lipinski definition) is 4. The van der Waals surface area contributed by atoms with E-state index in [0.717, 1.165) is 23.8 Å². The molecule has 5 nitrogen and oxygen atoms in total. The van der Waals surface area contributed by atoms with Crippen LogP contribution in [0, 0.1) is 5.92 Å². The fourth-order valence-electron chi connectivity index (χ4n) is 2.53. The zero-order valence-corrected chi connectivity index (χ0v) is 11.5. The van der Waals surface area contributed by atoms with E-state index in [0.29, 0.717) is 17.9 Å². The largest absolute Gasteiger partial charge is 0.480 e. The first-order valence-corrected chi connectivity index (χ1v) is 7.96. The lowest BCUT2D eigenvalue weighted by atomic mass is 10.3. The van der Waals surface area contributed by atoms with Crippen molar-refractivity contribution >= 4 is 17.7 Å². The number of carbonyl (C=O) groups is 1. The van der Waals surface area contributed by atoms with E-state index < -0.39 is 5.97 Å². The molecule has 3 saturated carbocycles. The van der Waals surface area contributed by atoms with Crippen molar-refractivity contribution in [1.82, 2.24) is 14.8 Å². The van der Waals surface area contributed by atoms with Crippen LogP contribution in [0.3, 0.4) is 0 Å². The molecule has 0 bridgehead atoms. The second-order valence-corrected chi connectivity index (χ2v) is 7.04. The third kappa shape index (κ3) is 2.26. The Bertz CT molecular complexity index is 518. The number of carboxylic acid groups (broad SMARTS) is 1. The minimum Gasteiger partial charge on any atom is -0.480 e. The maximum absolute atomic E-state index is 11.4. The van der Waals surface area contributed by atoms with E-state index in [1.165, 1.54) is 37.4 Å². The van der Waals surface area contributed by atoms with Gasteiger partial charge in [0, 0.05) is 12.0 Å². The van der Waals surface area contributed by atoms with Gasteiger partial charge in [0.15, 0.2) is 5.16 Å². The number of rotatable bonds is 6. The quantitative estimate of drug-likeness (QED) is 0.810. The zero-order valence-electron chi connectivity index (χ0n) is 10.7. The van der Waals surface area contributed by atoms with Gasteiger partial charge in [-0.15, -0.1) is 10.2 Å². The molecule has 1 atom stereocenters.